The number of hydrogen-bond donors (Lipinski definition) is 0. The van der Waals surface area contributed by atoms with Crippen molar-refractivity contribution in [3.8, 4) is 0 Å². The Labute approximate surface area is 108 Å². The highest BCUT2D eigenvalue weighted by Gasteiger charge is 2.52. The highest BCUT2D eigenvalue weighted by atomic mass is 35.5. The van der Waals surface area contributed by atoms with Crippen LogP contribution < -0.4 is 5.46 Å². The molecule has 1 aromatic heterocycles. The number of aromatic nitrogens is 1. The van der Waals surface area contributed by atoms with Gasteiger partial charge in [0.1, 0.15) is 0 Å². The largest absolute Gasteiger partial charge is 0.497 e. The molecule has 0 atom stereocenters. The first-order valence-electron chi connectivity index (χ1n) is 5.70. The summed E-state index contributed by atoms with van der Waals surface area (Å²) in [6.07, 6.45) is 3.44. The van der Waals surface area contributed by atoms with E-state index in [-0.39, 0.29) is 11.2 Å². The molecule has 1 aliphatic rings. The van der Waals surface area contributed by atoms with E-state index in [2.05, 4.69) is 4.98 Å². The molecule has 1 saturated heterocycles. The molecular formula is C12H17BClNO2. The van der Waals surface area contributed by atoms with Crippen LogP contribution in [0.25, 0.3) is 0 Å². The topological polar surface area (TPSA) is 31.4 Å². The number of pyridine rings is 1. The summed E-state index contributed by atoms with van der Waals surface area (Å²) in [5, 5.41) is 0.665. The summed E-state index contributed by atoms with van der Waals surface area (Å²) >= 11 is 6.26. The van der Waals surface area contributed by atoms with Gasteiger partial charge < -0.3 is 9.31 Å². The molecule has 0 N–H and O–H groups in total. The highest BCUT2D eigenvalue weighted by molar-refractivity contribution is 6.65. The van der Waals surface area contributed by atoms with Gasteiger partial charge in [-0.3, -0.25) is 4.98 Å². The molecule has 17 heavy (non-hydrogen) atoms. The van der Waals surface area contributed by atoms with E-state index in [1.54, 1.807) is 12.4 Å². The van der Waals surface area contributed by atoms with Gasteiger partial charge in [-0.2, -0.15) is 0 Å². The van der Waals surface area contributed by atoms with E-state index >= 15 is 0 Å². The van der Waals surface area contributed by atoms with Gasteiger partial charge in [-0.15, -0.1) is 0 Å². The minimum Gasteiger partial charge on any atom is -0.399 e. The zero-order valence-electron chi connectivity index (χ0n) is 10.9. The van der Waals surface area contributed by atoms with Gasteiger partial charge in [0.05, 0.1) is 11.2 Å². The van der Waals surface area contributed by atoms with Crippen LogP contribution >= 0.6 is 11.6 Å². The highest BCUT2D eigenvalue weighted by Crippen LogP contribution is 2.37. The molecular weight excluding hydrogens is 236 g/mol. The molecule has 0 amide bonds. The lowest BCUT2D eigenvalue weighted by atomic mass is 9.79. The molecule has 92 valence electrons. The summed E-state index contributed by atoms with van der Waals surface area (Å²) in [6.45, 7) is 9.99. The Balaban J connectivity index is 2.36. The van der Waals surface area contributed by atoms with E-state index < -0.39 is 7.12 Å². The monoisotopic (exact) mass is 253 g/mol. The van der Waals surface area contributed by atoms with Gasteiger partial charge in [-0.25, -0.2) is 0 Å². The van der Waals surface area contributed by atoms with Crippen LogP contribution in [0.5, 0.6) is 0 Å². The first-order chi connectivity index (χ1) is 7.74. The lowest BCUT2D eigenvalue weighted by Gasteiger charge is -2.32. The van der Waals surface area contributed by atoms with E-state index in [0.29, 0.717) is 5.02 Å². The van der Waals surface area contributed by atoms with Crippen molar-refractivity contribution in [2.45, 2.75) is 45.8 Å². The maximum Gasteiger partial charge on any atom is 0.497 e. The maximum absolute atomic E-state index is 6.26. The molecule has 1 aromatic rings. The van der Waals surface area contributed by atoms with Crippen molar-refractivity contribution in [2.75, 3.05) is 0 Å². The van der Waals surface area contributed by atoms with Crippen LogP contribution in [0, 0.1) is 6.92 Å². The third-order valence-electron chi connectivity index (χ3n) is 3.59. The van der Waals surface area contributed by atoms with Crippen LogP contribution in [0.2, 0.25) is 5.02 Å². The molecule has 2 rings (SSSR count). The van der Waals surface area contributed by atoms with Crippen molar-refractivity contribution in [1.29, 1.82) is 0 Å². The van der Waals surface area contributed by atoms with Gasteiger partial charge >= 0.3 is 7.12 Å². The lowest BCUT2D eigenvalue weighted by Crippen LogP contribution is -2.41. The Kier molecular flexibility index (Phi) is 3.01. The smallest absolute Gasteiger partial charge is 0.399 e. The summed E-state index contributed by atoms with van der Waals surface area (Å²) in [4.78, 5) is 4.14. The zero-order chi connectivity index (χ0) is 12.8. The Morgan fingerprint density at radius 1 is 1.12 bits per heavy atom. The normalized spacial score (nSPS) is 21.9. The maximum atomic E-state index is 6.26. The zero-order valence-corrected chi connectivity index (χ0v) is 11.6. The van der Waals surface area contributed by atoms with Gasteiger partial charge in [-0.05, 0) is 40.2 Å². The van der Waals surface area contributed by atoms with Crippen molar-refractivity contribution in [2.24, 2.45) is 0 Å². The molecule has 0 bridgehead atoms. The van der Waals surface area contributed by atoms with Gasteiger partial charge in [-0.1, -0.05) is 11.6 Å². The fourth-order valence-corrected chi connectivity index (χ4v) is 1.89. The third-order valence-corrected chi connectivity index (χ3v) is 4.10. The number of rotatable bonds is 1. The van der Waals surface area contributed by atoms with Crippen molar-refractivity contribution >= 4 is 24.2 Å². The second-order valence-corrected chi connectivity index (χ2v) is 5.83. The van der Waals surface area contributed by atoms with Crippen molar-refractivity contribution in [1.82, 2.24) is 4.98 Å². The molecule has 2 heterocycles. The summed E-state index contributed by atoms with van der Waals surface area (Å²) in [7, 11) is -0.445. The number of hydrogen-bond acceptors (Lipinski definition) is 3. The molecule has 1 fully saturated rings. The van der Waals surface area contributed by atoms with E-state index in [0.717, 1.165) is 11.0 Å². The Bertz CT molecular complexity index is 432. The van der Waals surface area contributed by atoms with E-state index in [1.807, 2.05) is 34.6 Å². The molecule has 0 aromatic carbocycles. The number of aryl methyl sites for hydroxylation is 1. The van der Waals surface area contributed by atoms with Gasteiger partial charge in [0, 0.05) is 22.9 Å². The minimum atomic E-state index is -0.445. The molecule has 3 nitrogen and oxygen atoms in total. The predicted molar refractivity (Wildman–Crippen MR) is 69.7 cm³/mol. The van der Waals surface area contributed by atoms with Gasteiger partial charge in [0.25, 0.3) is 0 Å². The molecule has 0 radical (unpaired) electrons. The number of nitrogens with zero attached hydrogens (tertiary/aromatic N) is 1. The molecule has 5 heteroatoms. The summed E-state index contributed by atoms with van der Waals surface area (Å²) in [5.74, 6) is 0. The fourth-order valence-electron chi connectivity index (χ4n) is 1.70. The van der Waals surface area contributed by atoms with Gasteiger partial charge in [0.15, 0.2) is 0 Å². The Hall–Kier alpha value is -0.575. The average molecular weight is 254 g/mol. The number of halogens is 1. The second-order valence-electron chi connectivity index (χ2n) is 5.45. The van der Waals surface area contributed by atoms with Crippen LogP contribution in [-0.2, 0) is 9.31 Å². The summed E-state index contributed by atoms with van der Waals surface area (Å²) in [5.41, 5.74) is 1.01. The van der Waals surface area contributed by atoms with Gasteiger partial charge in [0.2, 0.25) is 0 Å². The SMILES string of the molecule is Cc1cncc(B2OC(C)(C)C(C)(C)O2)c1Cl. The van der Waals surface area contributed by atoms with E-state index in [1.165, 1.54) is 0 Å². The quantitative estimate of drug-likeness (QED) is 0.720. The lowest BCUT2D eigenvalue weighted by molar-refractivity contribution is 0.00578. The molecule has 1 aliphatic heterocycles. The van der Waals surface area contributed by atoms with Crippen LogP contribution in [-0.4, -0.2) is 23.3 Å². The molecule has 0 unspecified atom stereocenters. The van der Waals surface area contributed by atoms with Crippen LogP contribution in [0.1, 0.15) is 33.3 Å². The third kappa shape index (κ3) is 2.10. The van der Waals surface area contributed by atoms with Crippen molar-refractivity contribution in [3.63, 3.8) is 0 Å². The minimum absolute atomic E-state index is 0.356. The van der Waals surface area contributed by atoms with Crippen LogP contribution in [0.4, 0.5) is 0 Å². The van der Waals surface area contributed by atoms with E-state index in [4.69, 9.17) is 20.9 Å². The summed E-state index contributed by atoms with van der Waals surface area (Å²) in [6, 6.07) is 0. The van der Waals surface area contributed by atoms with E-state index in [9.17, 15) is 0 Å². The molecule has 0 spiro atoms. The standard InChI is InChI=1S/C12H17BClNO2/c1-8-6-15-7-9(10(8)14)13-16-11(2,3)12(4,5)17-13/h6-7H,1-5H3. The van der Waals surface area contributed by atoms with Crippen LogP contribution in [0.3, 0.4) is 0 Å². The van der Waals surface area contributed by atoms with Crippen LogP contribution in [0.15, 0.2) is 12.4 Å². The predicted octanol–water partition coefficient (Wildman–Crippen LogP) is 2.34. The Morgan fingerprint density at radius 2 is 1.65 bits per heavy atom. The fraction of sp³-hybridized carbons (Fsp3) is 0.583. The summed E-state index contributed by atoms with van der Waals surface area (Å²) < 4.78 is 11.9. The first kappa shape index (κ1) is 12.9. The molecule has 0 saturated carbocycles. The van der Waals surface area contributed by atoms with Crippen molar-refractivity contribution < 1.29 is 9.31 Å². The molecule has 0 aliphatic carbocycles. The average Bonchev–Trinajstić information content (AvgIpc) is 2.40. The van der Waals surface area contributed by atoms with Crippen molar-refractivity contribution in [3.05, 3.63) is 23.0 Å². The first-order valence-corrected chi connectivity index (χ1v) is 6.08. The Morgan fingerprint density at radius 3 is 2.18 bits per heavy atom. The second kappa shape index (κ2) is 3.97.